The van der Waals surface area contributed by atoms with Crippen LogP contribution in [0.2, 0.25) is 0 Å². The van der Waals surface area contributed by atoms with Gasteiger partial charge in [0.25, 0.3) is 0 Å². The van der Waals surface area contributed by atoms with Crippen molar-refractivity contribution in [3.63, 3.8) is 0 Å². The zero-order chi connectivity index (χ0) is 10.9. The molecule has 0 N–H and O–H groups in total. The van der Waals surface area contributed by atoms with Crippen LogP contribution in [0.3, 0.4) is 0 Å². The van der Waals surface area contributed by atoms with Gasteiger partial charge in [-0.3, -0.25) is 4.90 Å². The zero-order valence-corrected chi connectivity index (χ0v) is 10.0. The van der Waals surface area contributed by atoms with Crippen LogP contribution in [0.25, 0.3) is 0 Å². The fourth-order valence-electron chi connectivity index (χ4n) is 2.31. The summed E-state index contributed by atoms with van der Waals surface area (Å²) in [6.45, 7) is 9.47. The van der Waals surface area contributed by atoms with Crippen LogP contribution >= 0.6 is 0 Å². The molecule has 0 aromatic heterocycles. The first-order valence-electron chi connectivity index (χ1n) is 5.95. The summed E-state index contributed by atoms with van der Waals surface area (Å²) in [6.07, 6.45) is 1.32. The third-order valence-corrected chi connectivity index (χ3v) is 3.81. The second-order valence-electron chi connectivity index (χ2n) is 5.10. The molecular formula is C14H21N. The van der Waals surface area contributed by atoms with E-state index in [1.165, 1.54) is 25.1 Å². The van der Waals surface area contributed by atoms with Crippen molar-refractivity contribution in [2.75, 3.05) is 13.1 Å². The number of rotatable bonds is 3. The van der Waals surface area contributed by atoms with E-state index in [0.717, 1.165) is 5.92 Å². The Balaban J connectivity index is 2.08. The largest absolute Gasteiger partial charge is 0.294 e. The van der Waals surface area contributed by atoms with Crippen molar-refractivity contribution >= 4 is 0 Å². The van der Waals surface area contributed by atoms with Crippen molar-refractivity contribution < 1.29 is 0 Å². The molecule has 1 heterocycles. The molecule has 2 rings (SSSR count). The van der Waals surface area contributed by atoms with Gasteiger partial charge in [-0.05, 0) is 25.3 Å². The number of benzene rings is 1. The van der Waals surface area contributed by atoms with Gasteiger partial charge < -0.3 is 0 Å². The smallest absolute Gasteiger partial charge is 0.0404 e. The van der Waals surface area contributed by atoms with E-state index in [1.54, 1.807) is 0 Å². The highest BCUT2D eigenvalue weighted by atomic mass is 15.2. The van der Waals surface area contributed by atoms with Gasteiger partial charge in [-0.2, -0.15) is 0 Å². The average molecular weight is 203 g/mol. The third kappa shape index (κ3) is 1.93. The Labute approximate surface area is 93.1 Å². The maximum atomic E-state index is 2.58. The Hall–Kier alpha value is -0.820. The second kappa shape index (κ2) is 3.97. The Morgan fingerprint density at radius 2 is 1.80 bits per heavy atom. The molecular weight excluding hydrogens is 182 g/mol. The summed E-state index contributed by atoms with van der Waals surface area (Å²) < 4.78 is 0. The lowest BCUT2D eigenvalue weighted by Crippen LogP contribution is -2.55. The van der Waals surface area contributed by atoms with Crippen molar-refractivity contribution in [2.24, 2.45) is 5.92 Å². The molecule has 1 aromatic carbocycles. The molecule has 0 aliphatic carbocycles. The molecule has 1 nitrogen and oxygen atoms in total. The molecule has 0 spiro atoms. The summed E-state index contributed by atoms with van der Waals surface area (Å²) in [4.78, 5) is 2.58. The highest BCUT2D eigenvalue weighted by Crippen LogP contribution is 2.34. The van der Waals surface area contributed by atoms with E-state index in [4.69, 9.17) is 0 Å². The van der Waals surface area contributed by atoms with Crippen LogP contribution in [0.5, 0.6) is 0 Å². The molecule has 0 saturated carbocycles. The molecule has 1 heteroatoms. The summed E-state index contributed by atoms with van der Waals surface area (Å²) in [5.74, 6) is 0.924. The van der Waals surface area contributed by atoms with Crippen LogP contribution < -0.4 is 0 Å². The fraction of sp³-hybridized carbons (Fsp3) is 0.571. The number of nitrogens with zero attached hydrogens (tertiary/aromatic N) is 1. The molecule has 0 bridgehead atoms. The van der Waals surface area contributed by atoms with Gasteiger partial charge in [0, 0.05) is 18.6 Å². The first kappa shape index (κ1) is 10.7. The van der Waals surface area contributed by atoms with Crippen molar-refractivity contribution in [2.45, 2.75) is 32.7 Å². The molecule has 0 amide bonds. The molecule has 82 valence electrons. The molecule has 1 saturated heterocycles. The van der Waals surface area contributed by atoms with Gasteiger partial charge in [0.05, 0.1) is 0 Å². The molecule has 1 aromatic rings. The minimum absolute atomic E-state index is 0.201. The van der Waals surface area contributed by atoms with E-state index in [-0.39, 0.29) is 5.54 Å². The van der Waals surface area contributed by atoms with Crippen molar-refractivity contribution in [1.82, 2.24) is 4.90 Å². The normalized spacial score (nSPS) is 18.9. The molecule has 15 heavy (non-hydrogen) atoms. The van der Waals surface area contributed by atoms with Gasteiger partial charge in [-0.1, -0.05) is 43.7 Å². The Morgan fingerprint density at radius 3 is 2.33 bits per heavy atom. The molecule has 0 unspecified atom stereocenters. The van der Waals surface area contributed by atoms with Crippen LogP contribution in [0.4, 0.5) is 0 Å². The SMILES string of the molecule is CCC1CN(C(C)(C)c2ccccc2)C1. The zero-order valence-electron chi connectivity index (χ0n) is 10.0. The van der Waals surface area contributed by atoms with E-state index >= 15 is 0 Å². The lowest BCUT2D eigenvalue weighted by atomic mass is 9.85. The van der Waals surface area contributed by atoms with Crippen molar-refractivity contribution in [3.8, 4) is 0 Å². The third-order valence-electron chi connectivity index (χ3n) is 3.81. The van der Waals surface area contributed by atoms with Gasteiger partial charge in [0.15, 0.2) is 0 Å². The molecule has 0 atom stereocenters. The summed E-state index contributed by atoms with van der Waals surface area (Å²) in [5, 5.41) is 0. The summed E-state index contributed by atoms with van der Waals surface area (Å²) in [7, 11) is 0. The lowest BCUT2D eigenvalue weighted by molar-refractivity contribution is -0.000286. The summed E-state index contributed by atoms with van der Waals surface area (Å²) in [5.41, 5.74) is 1.63. The van der Waals surface area contributed by atoms with Gasteiger partial charge in [-0.15, -0.1) is 0 Å². The average Bonchev–Trinajstić information content (AvgIpc) is 2.17. The van der Waals surface area contributed by atoms with Crippen LogP contribution in [0.1, 0.15) is 32.8 Å². The van der Waals surface area contributed by atoms with E-state index in [1.807, 2.05) is 0 Å². The Bertz CT molecular complexity index is 309. The van der Waals surface area contributed by atoms with Crippen molar-refractivity contribution in [3.05, 3.63) is 35.9 Å². The molecule has 1 aliphatic heterocycles. The second-order valence-corrected chi connectivity index (χ2v) is 5.10. The lowest BCUT2D eigenvalue weighted by Gasteiger charge is -2.49. The number of hydrogen-bond donors (Lipinski definition) is 0. The number of likely N-dealkylation sites (tertiary alicyclic amines) is 1. The fourth-order valence-corrected chi connectivity index (χ4v) is 2.31. The molecule has 1 aliphatic rings. The van der Waals surface area contributed by atoms with E-state index < -0.39 is 0 Å². The highest BCUT2D eigenvalue weighted by Gasteiger charge is 2.37. The predicted octanol–water partition coefficient (Wildman–Crippen LogP) is 3.26. The van der Waals surface area contributed by atoms with Gasteiger partial charge in [-0.25, -0.2) is 0 Å². The van der Waals surface area contributed by atoms with Crippen LogP contribution in [0, 0.1) is 5.92 Å². The van der Waals surface area contributed by atoms with E-state index in [2.05, 4.69) is 56.0 Å². The number of hydrogen-bond acceptors (Lipinski definition) is 1. The van der Waals surface area contributed by atoms with Gasteiger partial charge in [0.1, 0.15) is 0 Å². The monoisotopic (exact) mass is 203 g/mol. The standard InChI is InChI=1S/C14H21N/c1-4-12-10-15(11-12)14(2,3)13-8-6-5-7-9-13/h5-9,12H,4,10-11H2,1-3H3. The predicted molar refractivity (Wildman–Crippen MR) is 64.8 cm³/mol. The minimum atomic E-state index is 0.201. The van der Waals surface area contributed by atoms with Crippen molar-refractivity contribution in [1.29, 1.82) is 0 Å². The first-order valence-corrected chi connectivity index (χ1v) is 5.95. The summed E-state index contributed by atoms with van der Waals surface area (Å²) in [6, 6.07) is 10.8. The quantitative estimate of drug-likeness (QED) is 0.729. The molecule has 0 radical (unpaired) electrons. The Morgan fingerprint density at radius 1 is 1.20 bits per heavy atom. The maximum absolute atomic E-state index is 2.58. The maximum Gasteiger partial charge on any atom is 0.0404 e. The van der Waals surface area contributed by atoms with Crippen LogP contribution in [-0.2, 0) is 5.54 Å². The molecule has 1 fully saturated rings. The van der Waals surface area contributed by atoms with Gasteiger partial charge >= 0.3 is 0 Å². The highest BCUT2D eigenvalue weighted by molar-refractivity contribution is 5.23. The Kier molecular flexibility index (Phi) is 2.83. The van der Waals surface area contributed by atoms with E-state index in [9.17, 15) is 0 Å². The first-order chi connectivity index (χ1) is 7.14. The summed E-state index contributed by atoms with van der Waals surface area (Å²) >= 11 is 0. The van der Waals surface area contributed by atoms with Crippen LogP contribution in [-0.4, -0.2) is 18.0 Å². The van der Waals surface area contributed by atoms with E-state index in [0.29, 0.717) is 0 Å². The van der Waals surface area contributed by atoms with Gasteiger partial charge in [0.2, 0.25) is 0 Å². The minimum Gasteiger partial charge on any atom is -0.294 e. The van der Waals surface area contributed by atoms with Crippen LogP contribution in [0.15, 0.2) is 30.3 Å². The topological polar surface area (TPSA) is 3.24 Å².